The van der Waals surface area contributed by atoms with Gasteiger partial charge in [0.1, 0.15) is 6.61 Å². The minimum absolute atomic E-state index is 0.0302. The molecular weight excluding hydrogens is 432 g/mol. The van der Waals surface area contributed by atoms with E-state index in [1.54, 1.807) is 21.3 Å². The van der Waals surface area contributed by atoms with Crippen LogP contribution >= 0.6 is 0 Å². The highest BCUT2D eigenvalue weighted by molar-refractivity contribution is 5.54. The molecule has 186 valence electrons. The molecule has 0 spiro atoms. The summed E-state index contributed by atoms with van der Waals surface area (Å²) in [4.78, 5) is 0. The number of methoxy groups -OCH3 is 3. The number of nitrogens with one attached hydrogen (secondary N) is 1. The molecule has 0 amide bonds. The molecule has 7 nitrogen and oxygen atoms in total. The molecule has 1 atom stereocenters. The summed E-state index contributed by atoms with van der Waals surface area (Å²) in [5.74, 6) is 3.73. The van der Waals surface area contributed by atoms with Crippen LogP contribution in [0, 0.1) is 17.2 Å². The molecule has 0 radical (unpaired) electrons. The van der Waals surface area contributed by atoms with Crippen molar-refractivity contribution in [2.45, 2.75) is 45.6 Å². The van der Waals surface area contributed by atoms with Gasteiger partial charge in [-0.15, -0.1) is 0 Å². The Labute approximate surface area is 203 Å². The third kappa shape index (κ3) is 8.68. The average Bonchev–Trinajstić information content (AvgIpc) is 2.83. The summed E-state index contributed by atoms with van der Waals surface area (Å²) in [6, 6.07) is 13.5. The van der Waals surface area contributed by atoms with Crippen LogP contribution in [0.2, 0.25) is 0 Å². The fourth-order valence-corrected chi connectivity index (χ4v) is 3.75. The first kappa shape index (κ1) is 27.1. The number of benzene rings is 2. The van der Waals surface area contributed by atoms with Crippen molar-refractivity contribution < 1.29 is 23.7 Å². The second-order valence-electron chi connectivity index (χ2n) is 8.43. The Bertz CT molecular complexity index is 910. The second kappa shape index (κ2) is 14.9. The Morgan fingerprint density at radius 1 is 0.912 bits per heavy atom. The van der Waals surface area contributed by atoms with Crippen LogP contribution < -0.4 is 29.0 Å². The van der Waals surface area contributed by atoms with Crippen molar-refractivity contribution in [1.29, 1.82) is 5.26 Å². The lowest BCUT2D eigenvalue weighted by Gasteiger charge is -2.23. The highest BCUT2D eigenvalue weighted by Gasteiger charge is 2.19. The number of nitriles is 1. The lowest BCUT2D eigenvalue weighted by Crippen LogP contribution is -2.25. The molecule has 0 aliphatic carbocycles. The van der Waals surface area contributed by atoms with E-state index < -0.39 is 0 Å². The van der Waals surface area contributed by atoms with Gasteiger partial charge in [-0.25, -0.2) is 0 Å². The molecule has 1 N–H and O–H groups in total. The molecule has 0 heterocycles. The van der Waals surface area contributed by atoms with E-state index >= 15 is 0 Å². The molecule has 0 aliphatic rings. The molecule has 2 rings (SSSR count). The first-order valence-electron chi connectivity index (χ1n) is 11.8. The van der Waals surface area contributed by atoms with Crippen LogP contribution in [0.25, 0.3) is 0 Å². The standard InChI is InChI=1S/C27H38N2O5/c1-20(2)17-22(34-26-19-21(12-13-28)18-25(31-4)27(26)32-5)9-8-14-29-15-16-33-24-11-7-6-10-23(24)30-3/h6-7,10-11,18-20,22,29H,8-9,12,14-17H2,1-5H3. The van der Waals surface area contributed by atoms with Crippen LogP contribution in [0.1, 0.15) is 38.7 Å². The highest BCUT2D eigenvalue weighted by Crippen LogP contribution is 2.39. The van der Waals surface area contributed by atoms with Gasteiger partial charge in [-0.2, -0.15) is 5.26 Å². The predicted octanol–water partition coefficient (Wildman–Crippen LogP) is 5.02. The van der Waals surface area contributed by atoms with Crippen LogP contribution in [0.5, 0.6) is 28.7 Å². The molecule has 0 fully saturated rings. The molecule has 0 saturated heterocycles. The van der Waals surface area contributed by atoms with Crippen molar-refractivity contribution in [1.82, 2.24) is 5.32 Å². The molecule has 0 saturated carbocycles. The van der Waals surface area contributed by atoms with Crippen molar-refractivity contribution in [3.63, 3.8) is 0 Å². The maximum Gasteiger partial charge on any atom is 0.203 e. The van der Waals surface area contributed by atoms with Gasteiger partial charge in [-0.05, 0) is 61.6 Å². The van der Waals surface area contributed by atoms with Crippen molar-refractivity contribution in [2.75, 3.05) is 41.0 Å². The highest BCUT2D eigenvalue weighted by atomic mass is 16.5. The Morgan fingerprint density at radius 3 is 2.26 bits per heavy atom. The van der Waals surface area contributed by atoms with Gasteiger partial charge in [-0.1, -0.05) is 26.0 Å². The number of rotatable bonds is 16. The van der Waals surface area contributed by atoms with E-state index in [0.29, 0.717) is 29.8 Å². The number of para-hydroxylation sites is 2. The number of nitrogens with zero attached hydrogens (tertiary/aromatic N) is 1. The number of hydrogen-bond acceptors (Lipinski definition) is 7. The van der Waals surface area contributed by atoms with Gasteiger partial charge in [0.25, 0.3) is 0 Å². The summed E-state index contributed by atoms with van der Waals surface area (Å²) >= 11 is 0. The monoisotopic (exact) mass is 470 g/mol. The Kier molecular flexibility index (Phi) is 11.9. The molecule has 2 aromatic carbocycles. The number of ether oxygens (including phenoxy) is 5. The normalized spacial score (nSPS) is 11.6. The molecule has 0 aromatic heterocycles. The van der Waals surface area contributed by atoms with Crippen LogP contribution in [-0.4, -0.2) is 47.1 Å². The fraction of sp³-hybridized carbons (Fsp3) is 0.519. The zero-order valence-electron chi connectivity index (χ0n) is 21.1. The minimum atomic E-state index is 0.0302. The largest absolute Gasteiger partial charge is 0.493 e. The van der Waals surface area contributed by atoms with E-state index in [-0.39, 0.29) is 12.5 Å². The summed E-state index contributed by atoms with van der Waals surface area (Å²) in [6.45, 7) is 6.55. The summed E-state index contributed by atoms with van der Waals surface area (Å²) in [7, 11) is 4.83. The van der Waals surface area contributed by atoms with E-state index in [2.05, 4.69) is 25.2 Å². The predicted molar refractivity (Wildman–Crippen MR) is 133 cm³/mol. The Balaban J connectivity index is 1.88. The van der Waals surface area contributed by atoms with Gasteiger partial charge < -0.3 is 29.0 Å². The zero-order valence-corrected chi connectivity index (χ0v) is 21.1. The van der Waals surface area contributed by atoms with E-state index in [4.69, 9.17) is 28.9 Å². The third-order valence-corrected chi connectivity index (χ3v) is 5.30. The maximum absolute atomic E-state index is 9.11. The van der Waals surface area contributed by atoms with E-state index in [9.17, 15) is 0 Å². The van der Waals surface area contributed by atoms with E-state index in [1.165, 1.54) is 0 Å². The van der Waals surface area contributed by atoms with Crippen LogP contribution in [0.3, 0.4) is 0 Å². The molecule has 34 heavy (non-hydrogen) atoms. The van der Waals surface area contributed by atoms with Gasteiger partial charge in [0.15, 0.2) is 23.0 Å². The molecular formula is C27H38N2O5. The minimum Gasteiger partial charge on any atom is -0.493 e. The third-order valence-electron chi connectivity index (χ3n) is 5.30. The molecule has 2 aromatic rings. The van der Waals surface area contributed by atoms with Crippen LogP contribution in [0.4, 0.5) is 0 Å². The van der Waals surface area contributed by atoms with Crippen molar-refractivity contribution >= 4 is 0 Å². The number of hydrogen-bond donors (Lipinski definition) is 1. The van der Waals surface area contributed by atoms with Gasteiger partial charge >= 0.3 is 0 Å². The molecule has 0 aliphatic heterocycles. The van der Waals surface area contributed by atoms with Gasteiger partial charge in [-0.3, -0.25) is 0 Å². The quantitative estimate of drug-likeness (QED) is 0.345. The summed E-state index contributed by atoms with van der Waals surface area (Å²) in [5, 5.41) is 12.5. The van der Waals surface area contributed by atoms with Crippen molar-refractivity contribution in [2.24, 2.45) is 5.92 Å². The van der Waals surface area contributed by atoms with Crippen molar-refractivity contribution in [3.05, 3.63) is 42.0 Å². The molecule has 1 unspecified atom stereocenters. The summed E-state index contributed by atoms with van der Waals surface area (Å²) < 4.78 is 28.5. The van der Waals surface area contributed by atoms with Crippen LogP contribution in [-0.2, 0) is 6.42 Å². The van der Waals surface area contributed by atoms with Gasteiger partial charge in [0.05, 0.1) is 39.9 Å². The van der Waals surface area contributed by atoms with Crippen molar-refractivity contribution in [3.8, 4) is 34.8 Å². The lowest BCUT2D eigenvalue weighted by atomic mass is 10.0. The molecule has 7 heteroatoms. The van der Waals surface area contributed by atoms with Gasteiger partial charge in [0, 0.05) is 6.54 Å². The average molecular weight is 471 g/mol. The SMILES string of the molecule is COc1ccccc1OCCNCCCC(CC(C)C)Oc1cc(CC#N)cc(OC)c1OC. The van der Waals surface area contributed by atoms with Gasteiger partial charge in [0.2, 0.25) is 5.75 Å². The summed E-state index contributed by atoms with van der Waals surface area (Å²) in [5.41, 5.74) is 0.843. The second-order valence-corrected chi connectivity index (χ2v) is 8.43. The smallest absolute Gasteiger partial charge is 0.203 e. The zero-order chi connectivity index (χ0) is 24.8. The van der Waals surface area contributed by atoms with E-state index in [0.717, 1.165) is 49.4 Å². The molecule has 0 bridgehead atoms. The fourth-order valence-electron chi connectivity index (χ4n) is 3.75. The maximum atomic E-state index is 9.11. The first-order valence-corrected chi connectivity index (χ1v) is 11.8. The van der Waals surface area contributed by atoms with E-state index in [1.807, 2.05) is 36.4 Å². The Hall–Kier alpha value is -3.11. The summed E-state index contributed by atoms with van der Waals surface area (Å²) in [6.07, 6.45) is 3.09. The first-order chi connectivity index (χ1) is 16.5. The van der Waals surface area contributed by atoms with Crippen LogP contribution in [0.15, 0.2) is 36.4 Å². The lowest BCUT2D eigenvalue weighted by molar-refractivity contribution is 0.154. The topological polar surface area (TPSA) is 82.0 Å². The Morgan fingerprint density at radius 2 is 1.62 bits per heavy atom.